The van der Waals surface area contributed by atoms with Crippen LogP contribution < -0.4 is 10.5 Å². The molecule has 27 heavy (non-hydrogen) atoms. The maximum atomic E-state index is 13.3. The van der Waals surface area contributed by atoms with E-state index in [4.69, 9.17) is 9.15 Å². The van der Waals surface area contributed by atoms with Gasteiger partial charge in [0.2, 0.25) is 5.71 Å². The summed E-state index contributed by atoms with van der Waals surface area (Å²) in [6.45, 7) is 5.60. The molecule has 0 N–H and O–H groups in total. The van der Waals surface area contributed by atoms with Crippen LogP contribution >= 0.6 is 0 Å². The van der Waals surface area contributed by atoms with E-state index in [2.05, 4.69) is 4.98 Å². The Morgan fingerprint density at radius 1 is 1.37 bits per heavy atom. The molecule has 0 saturated heterocycles. The zero-order chi connectivity index (χ0) is 19.9. The molecule has 0 spiro atoms. The van der Waals surface area contributed by atoms with Gasteiger partial charge in [0.15, 0.2) is 0 Å². The predicted molar refractivity (Wildman–Crippen MR) is 91.8 cm³/mol. The van der Waals surface area contributed by atoms with Crippen LogP contribution in [0.25, 0.3) is 11.1 Å². The molecule has 1 aliphatic heterocycles. The second-order valence-corrected chi connectivity index (χ2v) is 6.65. The molecule has 6 nitrogen and oxygen atoms in total. The molecule has 0 amide bonds. The molecule has 1 aliphatic rings. The molecule has 0 fully saturated rings. The van der Waals surface area contributed by atoms with E-state index in [1.165, 1.54) is 6.07 Å². The number of carbonyl (C=O) groups is 1. The standard InChI is InChI=1S/C18H19F3N2O4/c1-4-26-15(25)8-23-10(3)5-9(2)11-6-12-13(18(19,20)21)7-14(24)27-17(12)22-16(11)23/h6-7,9-10H,4-5,8H2,1-3H3. The number of rotatable bonds is 3. The van der Waals surface area contributed by atoms with Gasteiger partial charge < -0.3 is 14.1 Å². The molecular formula is C18H19F3N2O4. The van der Waals surface area contributed by atoms with Crippen molar-refractivity contribution >= 4 is 22.9 Å². The van der Waals surface area contributed by atoms with E-state index in [9.17, 15) is 22.8 Å². The summed E-state index contributed by atoms with van der Waals surface area (Å²) < 4.78 is 49.9. The average molecular weight is 384 g/mol. The normalized spacial score (nSPS) is 19.9. The van der Waals surface area contributed by atoms with Crippen molar-refractivity contribution in [1.29, 1.82) is 0 Å². The molecule has 9 heteroatoms. The van der Waals surface area contributed by atoms with Gasteiger partial charge in [-0.3, -0.25) is 4.79 Å². The highest BCUT2D eigenvalue weighted by molar-refractivity contribution is 5.83. The van der Waals surface area contributed by atoms with Crippen molar-refractivity contribution in [2.24, 2.45) is 0 Å². The third-order valence-corrected chi connectivity index (χ3v) is 4.69. The fourth-order valence-corrected chi connectivity index (χ4v) is 3.47. The molecular weight excluding hydrogens is 365 g/mol. The number of anilines is 1. The van der Waals surface area contributed by atoms with E-state index >= 15 is 0 Å². The van der Waals surface area contributed by atoms with Crippen LogP contribution in [-0.2, 0) is 15.7 Å². The van der Waals surface area contributed by atoms with Crippen LogP contribution in [0.4, 0.5) is 19.0 Å². The van der Waals surface area contributed by atoms with Crippen molar-refractivity contribution in [2.45, 2.75) is 45.3 Å². The molecule has 2 aromatic rings. The lowest BCUT2D eigenvalue weighted by Gasteiger charge is -2.38. The number of halogens is 3. The predicted octanol–water partition coefficient (Wildman–Crippen LogP) is 3.47. The third kappa shape index (κ3) is 3.63. The Morgan fingerprint density at radius 3 is 2.70 bits per heavy atom. The van der Waals surface area contributed by atoms with Gasteiger partial charge in [0.05, 0.1) is 17.6 Å². The van der Waals surface area contributed by atoms with Crippen LogP contribution in [0.15, 0.2) is 21.3 Å². The molecule has 0 aromatic carbocycles. The Hall–Kier alpha value is -2.58. The van der Waals surface area contributed by atoms with Crippen LogP contribution in [-0.4, -0.2) is 30.1 Å². The lowest BCUT2D eigenvalue weighted by molar-refractivity contribution is -0.141. The minimum absolute atomic E-state index is 0.0710. The Labute approximate surface area is 152 Å². The van der Waals surface area contributed by atoms with Crippen molar-refractivity contribution in [3.05, 3.63) is 33.7 Å². The number of alkyl halides is 3. The smallest absolute Gasteiger partial charge is 0.417 e. The number of hydrogen-bond acceptors (Lipinski definition) is 6. The first-order valence-corrected chi connectivity index (χ1v) is 8.60. The van der Waals surface area contributed by atoms with Gasteiger partial charge in [-0.25, -0.2) is 4.79 Å². The minimum atomic E-state index is -4.71. The van der Waals surface area contributed by atoms with E-state index in [1.54, 1.807) is 11.8 Å². The van der Waals surface area contributed by atoms with Gasteiger partial charge in [-0.15, -0.1) is 0 Å². The average Bonchev–Trinajstić information content (AvgIpc) is 2.56. The maximum Gasteiger partial charge on any atom is 0.417 e. The number of fused-ring (bicyclic) bond motifs is 2. The molecule has 0 bridgehead atoms. The first kappa shape index (κ1) is 19.2. The summed E-state index contributed by atoms with van der Waals surface area (Å²) in [5.41, 5.74) is -2.03. The van der Waals surface area contributed by atoms with E-state index in [-0.39, 0.29) is 30.5 Å². The molecule has 2 aromatic heterocycles. The summed E-state index contributed by atoms with van der Waals surface area (Å²) in [7, 11) is 0. The van der Waals surface area contributed by atoms with Gasteiger partial charge in [0.25, 0.3) is 0 Å². The van der Waals surface area contributed by atoms with Gasteiger partial charge in [-0.2, -0.15) is 18.2 Å². The van der Waals surface area contributed by atoms with Gasteiger partial charge in [0.1, 0.15) is 12.4 Å². The highest BCUT2D eigenvalue weighted by atomic mass is 19.4. The Balaban J connectivity index is 2.20. The molecule has 3 heterocycles. The number of hydrogen-bond donors (Lipinski definition) is 0. The summed E-state index contributed by atoms with van der Waals surface area (Å²) in [6, 6.07) is 1.71. The molecule has 0 saturated carbocycles. The Morgan fingerprint density at radius 2 is 2.07 bits per heavy atom. The largest absolute Gasteiger partial charge is 0.465 e. The summed E-state index contributed by atoms with van der Waals surface area (Å²) >= 11 is 0. The molecule has 0 radical (unpaired) electrons. The van der Waals surface area contributed by atoms with Gasteiger partial charge in [-0.05, 0) is 37.8 Å². The molecule has 3 rings (SSSR count). The molecule has 2 atom stereocenters. The molecule has 2 unspecified atom stereocenters. The Kier molecular flexibility index (Phi) is 4.88. The van der Waals surface area contributed by atoms with E-state index in [0.29, 0.717) is 23.9 Å². The van der Waals surface area contributed by atoms with Crippen molar-refractivity contribution in [2.75, 3.05) is 18.1 Å². The van der Waals surface area contributed by atoms with E-state index in [1.807, 2.05) is 13.8 Å². The van der Waals surface area contributed by atoms with Gasteiger partial charge >= 0.3 is 17.8 Å². The minimum Gasteiger partial charge on any atom is -0.465 e. The van der Waals surface area contributed by atoms with Gasteiger partial charge in [-0.1, -0.05) is 6.92 Å². The number of carbonyl (C=O) groups excluding carboxylic acids is 1. The van der Waals surface area contributed by atoms with Crippen LogP contribution in [0, 0.1) is 0 Å². The summed E-state index contributed by atoms with van der Waals surface area (Å²) in [5.74, 6) is -0.195. The zero-order valence-electron chi connectivity index (χ0n) is 15.1. The van der Waals surface area contributed by atoms with Gasteiger partial charge in [0, 0.05) is 12.1 Å². The SMILES string of the molecule is CCOC(=O)CN1c2nc3oc(=O)cc(C(F)(F)F)c3cc2C(C)CC1C. The number of aromatic nitrogens is 1. The fourth-order valence-electron chi connectivity index (χ4n) is 3.47. The van der Waals surface area contributed by atoms with Crippen molar-refractivity contribution in [1.82, 2.24) is 4.98 Å². The van der Waals surface area contributed by atoms with E-state index < -0.39 is 29.0 Å². The first-order valence-electron chi connectivity index (χ1n) is 8.60. The number of nitrogens with zero attached hydrogens (tertiary/aromatic N) is 2. The second-order valence-electron chi connectivity index (χ2n) is 6.65. The lowest BCUT2D eigenvalue weighted by Crippen LogP contribution is -2.42. The van der Waals surface area contributed by atoms with Crippen LogP contribution in [0.2, 0.25) is 0 Å². The second kappa shape index (κ2) is 6.86. The summed E-state index contributed by atoms with van der Waals surface area (Å²) in [5, 5.41) is -0.265. The topological polar surface area (TPSA) is 72.6 Å². The van der Waals surface area contributed by atoms with Crippen LogP contribution in [0.5, 0.6) is 0 Å². The van der Waals surface area contributed by atoms with Crippen molar-refractivity contribution < 1.29 is 27.1 Å². The lowest BCUT2D eigenvalue weighted by atomic mass is 9.88. The fraction of sp³-hybridized carbons (Fsp3) is 0.500. The monoisotopic (exact) mass is 384 g/mol. The zero-order valence-corrected chi connectivity index (χ0v) is 15.1. The number of ether oxygens (including phenoxy) is 1. The van der Waals surface area contributed by atoms with Crippen molar-refractivity contribution in [3.63, 3.8) is 0 Å². The summed E-state index contributed by atoms with van der Waals surface area (Å²) in [4.78, 5) is 29.4. The highest BCUT2D eigenvalue weighted by Gasteiger charge is 2.37. The third-order valence-electron chi connectivity index (χ3n) is 4.69. The van der Waals surface area contributed by atoms with Crippen LogP contribution in [0.3, 0.4) is 0 Å². The Bertz CT molecular complexity index is 939. The van der Waals surface area contributed by atoms with Crippen LogP contribution in [0.1, 0.15) is 44.2 Å². The maximum absolute atomic E-state index is 13.3. The summed E-state index contributed by atoms with van der Waals surface area (Å²) in [6.07, 6.45) is -4.07. The number of esters is 1. The quantitative estimate of drug-likeness (QED) is 0.755. The van der Waals surface area contributed by atoms with Crippen molar-refractivity contribution in [3.8, 4) is 0 Å². The molecule has 0 aliphatic carbocycles. The van der Waals surface area contributed by atoms with E-state index in [0.717, 1.165) is 0 Å². The molecule has 146 valence electrons. The first-order chi connectivity index (χ1) is 12.6. The number of pyridine rings is 1. The highest BCUT2D eigenvalue weighted by Crippen LogP contribution is 2.41.